The molecular weight excluding hydrogens is 1020 g/mol. The lowest BCUT2D eigenvalue weighted by Crippen LogP contribution is -2.74. The molecule has 5 aromatic rings. The molecule has 0 spiro atoms. The smallest absolute Gasteiger partial charge is 0.253 e. The summed E-state index contributed by atoms with van der Waals surface area (Å²) in [6.07, 6.45) is 3.08. The number of aromatic nitrogens is 2. The molecule has 0 unspecified atom stereocenters. The second-order valence-electron chi connectivity index (χ2n) is 18.2. The van der Waals surface area contributed by atoms with Crippen molar-refractivity contribution in [3.63, 3.8) is 0 Å². The standard InChI is InChI=1S/C50H56BrClFN9O8S/c1-49(2)46(50(3,4)47(49)70-36-15-10-32(29-54)39(52)28-36)61-45(64)31-8-13-34(14-9-31)62-21-18-35(19-22-62)69-27-26-68-25-24-67-23-20-57-71(65,66)37-16-11-33(12-17-37)58-48-56-30-38(51)44(60-48)59-41-7-5-6-40(53)42(41)43(55)63/h5-17,28,30,35,46-47,57H,18-27H2,1-4H3,(H2,55,63)(H,61,64)(H2,56,58,59,60). The lowest BCUT2D eigenvalue weighted by atomic mass is 9.49. The highest BCUT2D eigenvalue weighted by Gasteiger charge is 2.64. The maximum Gasteiger partial charge on any atom is 0.253 e. The minimum atomic E-state index is -3.82. The number of halogens is 3. The Morgan fingerprint density at radius 1 is 0.930 bits per heavy atom. The average Bonchev–Trinajstić information content (AvgIpc) is 3.34. The van der Waals surface area contributed by atoms with Gasteiger partial charge in [-0.3, -0.25) is 9.59 Å². The van der Waals surface area contributed by atoms with Gasteiger partial charge in [0, 0.05) is 65.7 Å². The van der Waals surface area contributed by atoms with Gasteiger partial charge in [0.05, 0.1) is 70.3 Å². The van der Waals surface area contributed by atoms with Crippen molar-refractivity contribution < 1.29 is 41.3 Å². The molecule has 1 saturated heterocycles. The molecule has 6 N–H and O–H groups in total. The summed E-state index contributed by atoms with van der Waals surface area (Å²) >= 11 is 9.58. The molecule has 17 nitrogen and oxygen atoms in total. The molecule has 376 valence electrons. The molecule has 1 saturated carbocycles. The maximum atomic E-state index is 14.3. The van der Waals surface area contributed by atoms with Gasteiger partial charge in [0.25, 0.3) is 11.8 Å². The zero-order chi connectivity index (χ0) is 50.9. The number of benzene rings is 4. The molecule has 7 rings (SSSR count). The predicted octanol–water partition coefficient (Wildman–Crippen LogP) is 8.10. The minimum absolute atomic E-state index is 0.0474. The van der Waals surface area contributed by atoms with E-state index in [9.17, 15) is 27.7 Å². The van der Waals surface area contributed by atoms with Gasteiger partial charge in [0.2, 0.25) is 16.0 Å². The van der Waals surface area contributed by atoms with Crippen molar-refractivity contribution in [2.24, 2.45) is 16.6 Å². The first-order valence-electron chi connectivity index (χ1n) is 22.9. The number of nitrogens with two attached hydrogens (primary N) is 1. The number of carbonyl (C=O) groups is 2. The topological polar surface area (TPSA) is 232 Å². The largest absolute Gasteiger partial charge is 0.489 e. The zero-order valence-electron chi connectivity index (χ0n) is 39.6. The minimum Gasteiger partial charge on any atom is -0.489 e. The van der Waals surface area contributed by atoms with Crippen molar-refractivity contribution in [2.75, 3.05) is 68.2 Å². The van der Waals surface area contributed by atoms with Gasteiger partial charge < -0.3 is 45.5 Å². The Morgan fingerprint density at radius 3 is 2.27 bits per heavy atom. The van der Waals surface area contributed by atoms with E-state index in [0.29, 0.717) is 51.9 Å². The van der Waals surface area contributed by atoms with E-state index >= 15 is 0 Å². The first kappa shape index (κ1) is 52.9. The Kier molecular flexibility index (Phi) is 17.2. The number of carbonyl (C=O) groups excluding carboxylic acids is 2. The van der Waals surface area contributed by atoms with Crippen molar-refractivity contribution in [1.82, 2.24) is 20.0 Å². The summed E-state index contributed by atoms with van der Waals surface area (Å²) in [5, 5.41) is 18.7. The first-order valence-corrected chi connectivity index (χ1v) is 25.6. The quantitative estimate of drug-likeness (QED) is 0.0413. The number of amides is 2. The third kappa shape index (κ3) is 13.0. The Hall–Kier alpha value is -5.92. The number of rotatable bonds is 22. The van der Waals surface area contributed by atoms with Crippen molar-refractivity contribution in [1.29, 1.82) is 5.26 Å². The normalized spacial score (nSPS) is 17.4. The Balaban J connectivity index is 0.741. The molecule has 4 aromatic carbocycles. The number of hydrogen-bond donors (Lipinski definition) is 5. The number of nitriles is 1. The molecule has 2 aliphatic rings. The van der Waals surface area contributed by atoms with E-state index in [1.54, 1.807) is 30.3 Å². The lowest BCUT2D eigenvalue weighted by molar-refractivity contribution is -0.164. The highest BCUT2D eigenvalue weighted by molar-refractivity contribution is 9.10. The summed E-state index contributed by atoms with van der Waals surface area (Å²) in [5.74, 6) is -0.904. The van der Waals surface area contributed by atoms with Gasteiger partial charge in [-0.25, -0.2) is 22.5 Å². The van der Waals surface area contributed by atoms with Crippen molar-refractivity contribution in [2.45, 2.75) is 63.7 Å². The summed E-state index contributed by atoms with van der Waals surface area (Å²) < 4.78 is 66.7. The molecule has 0 bridgehead atoms. The fourth-order valence-electron chi connectivity index (χ4n) is 9.21. The summed E-state index contributed by atoms with van der Waals surface area (Å²) in [7, 11) is -3.82. The van der Waals surface area contributed by atoms with Crippen LogP contribution in [-0.2, 0) is 24.2 Å². The molecular formula is C50H56BrClFN9O8S. The van der Waals surface area contributed by atoms with E-state index in [2.05, 4.69) is 85.2 Å². The van der Waals surface area contributed by atoms with Gasteiger partial charge in [0.1, 0.15) is 29.6 Å². The number of nitrogens with zero attached hydrogens (tertiary/aromatic N) is 4. The number of piperidine rings is 1. The van der Waals surface area contributed by atoms with E-state index in [1.165, 1.54) is 30.5 Å². The summed E-state index contributed by atoms with van der Waals surface area (Å²) in [4.78, 5) is 36.2. The van der Waals surface area contributed by atoms with Crippen LogP contribution in [0.4, 0.5) is 33.2 Å². The highest BCUT2D eigenvalue weighted by Crippen LogP contribution is 2.55. The van der Waals surface area contributed by atoms with Crippen LogP contribution in [0.2, 0.25) is 5.02 Å². The van der Waals surface area contributed by atoms with Gasteiger partial charge >= 0.3 is 0 Å². The second kappa shape index (κ2) is 23.1. The molecule has 1 aliphatic carbocycles. The van der Waals surface area contributed by atoms with Crippen LogP contribution in [0.1, 0.15) is 66.8 Å². The van der Waals surface area contributed by atoms with Gasteiger partial charge in [-0.1, -0.05) is 45.4 Å². The zero-order valence-corrected chi connectivity index (χ0v) is 42.8. The Labute approximate surface area is 426 Å². The van der Waals surface area contributed by atoms with Crippen LogP contribution in [0.5, 0.6) is 5.75 Å². The highest BCUT2D eigenvalue weighted by atomic mass is 79.9. The fourth-order valence-corrected chi connectivity index (χ4v) is 10.7. The van der Waals surface area contributed by atoms with Crippen LogP contribution in [-0.4, -0.2) is 101 Å². The third-order valence-electron chi connectivity index (χ3n) is 12.5. The Morgan fingerprint density at radius 2 is 1.61 bits per heavy atom. The molecule has 1 aromatic heterocycles. The number of primary amides is 1. The predicted molar refractivity (Wildman–Crippen MR) is 272 cm³/mol. The monoisotopic (exact) mass is 1080 g/mol. The van der Waals surface area contributed by atoms with E-state index in [0.717, 1.165) is 37.7 Å². The van der Waals surface area contributed by atoms with Gasteiger partial charge in [-0.15, -0.1) is 0 Å². The van der Waals surface area contributed by atoms with Crippen molar-refractivity contribution in [3.8, 4) is 11.8 Å². The van der Waals surface area contributed by atoms with E-state index in [4.69, 9.17) is 36.3 Å². The summed E-state index contributed by atoms with van der Waals surface area (Å²) in [5.41, 5.74) is 6.95. The number of ether oxygens (including phenoxy) is 4. The molecule has 0 radical (unpaired) electrons. The van der Waals surface area contributed by atoms with Crippen LogP contribution in [0, 0.1) is 28.0 Å². The van der Waals surface area contributed by atoms with Crippen LogP contribution in [0.3, 0.4) is 0 Å². The van der Waals surface area contributed by atoms with Gasteiger partial charge in [-0.05, 0) is 102 Å². The second-order valence-corrected chi connectivity index (χ2v) is 21.2. The Bertz CT molecular complexity index is 2830. The third-order valence-corrected chi connectivity index (χ3v) is 14.9. The van der Waals surface area contributed by atoms with Crippen molar-refractivity contribution >= 4 is 78.2 Å². The SMILES string of the molecule is CC1(C)C(NC(=O)c2ccc(N3CCC(OCCOCCOCCNS(=O)(=O)c4ccc(Nc5ncc(Br)c(Nc6cccc(F)c6C(N)=O)n5)cc4)CC3)cc2)C(C)(C)C1Oc1ccc(C#N)c(Cl)c1. The average molecular weight is 1080 g/mol. The maximum absolute atomic E-state index is 14.3. The molecule has 71 heavy (non-hydrogen) atoms. The van der Waals surface area contributed by atoms with Crippen LogP contribution < -0.4 is 36.0 Å². The molecule has 21 heteroatoms. The number of anilines is 5. The molecule has 2 fully saturated rings. The number of sulfonamides is 1. The van der Waals surface area contributed by atoms with Crippen LogP contribution in [0.15, 0.2) is 100 Å². The van der Waals surface area contributed by atoms with E-state index < -0.39 is 21.7 Å². The lowest BCUT2D eigenvalue weighted by Gasteiger charge is -2.63. The molecule has 1 aliphatic heterocycles. The van der Waals surface area contributed by atoms with Crippen LogP contribution in [0.25, 0.3) is 0 Å². The molecule has 2 heterocycles. The molecule has 0 atom stereocenters. The fraction of sp³-hybridized carbons (Fsp3) is 0.380. The van der Waals surface area contributed by atoms with Gasteiger partial charge in [-0.2, -0.15) is 10.2 Å². The van der Waals surface area contributed by atoms with Crippen molar-refractivity contribution in [3.05, 3.63) is 123 Å². The summed E-state index contributed by atoms with van der Waals surface area (Å²) in [6, 6.07) is 24.7. The number of nitrogens with one attached hydrogen (secondary N) is 4. The van der Waals surface area contributed by atoms with Gasteiger partial charge in [0.15, 0.2) is 0 Å². The molecule has 2 amide bonds. The number of hydrogen-bond acceptors (Lipinski definition) is 14. The summed E-state index contributed by atoms with van der Waals surface area (Å²) in [6.45, 7) is 11.6. The first-order chi connectivity index (χ1) is 33.9. The van der Waals surface area contributed by atoms with Crippen LogP contribution >= 0.6 is 27.5 Å². The van der Waals surface area contributed by atoms with E-state index in [1.807, 2.05) is 24.3 Å². The van der Waals surface area contributed by atoms with E-state index in [-0.39, 0.29) is 82.7 Å².